The van der Waals surface area contributed by atoms with Crippen LogP contribution in [0.2, 0.25) is 0 Å². The molecule has 25 heavy (non-hydrogen) atoms. The molecule has 0 aliphatic carbocycles. The summed E-state index contributed by atoms with van der Waals surface area (Å²) >= 11 is 0. The van der Waals surface area contributed by atoms with Crippen molar-refractivity contribution in [1.82, 2.24) is 0 Å². The van der Waals surface area contributed by atoms with Gasteiger partial charge in [0.05, 0.1) is 0 Å². The number of carbonyl (C=O) groups excluding carboxylic acids is 2. The van der Waals surface area contributed by atoms with Crippen LogP contribution in [0.5, 0.6) is 0 Å². The van der Waals surface area contributed by atoms with Crippen molar-refractivity contribution in [3.63, 3.8) is 0 Å². The fourth-order valence-corrected chi connectivity index (χ4v) is 1.62. The summed E-state index contributed by atoms with van der Waals surface area (Å²) < 4.78 is 9.74. The van der Waals surface area contributed by atoms with Crippen molar-refractivity contribution in [3.8, 4) is 23.7 Å². The Morgan fingerprint density at radius 3 is 2.32 bits per heavy atom. The predicted octanol–water partition coefficient (Wildman–Crippen LogP) is 2.50. The number of nitrogens with one attached hydrogen (secondary N) is 2. The number of aryl methyl sites for hydroxylation is 1. The highest BCUT2D eigenvalue weighted by Crippen LogP contribution is 2.20. The van der Waals surface area contributed by atoms with Gasteiger partial charge in [0.15, 0.2) is 13.2 Å². The van der Waals surface area contributed by atoms with Gasteiger partial charge in [-0.2, -0.15) is 0 Å². The summed E-state index contributed by atoms with van der Waals surface area (Å²) in [6.45, 7) is 3.28. The maximum Gasteiger partial charge on any atom is 0.412 e. The molecule has 0 spiro atoms. The standard InChI is InChI=1S/C18H20N2O5/c1-3-4-6-11-24-17(22)19-15-9-8-14(2)16(13-15)20-18(23)25-12-7-5-10-21/h8-9,13,21H,3,10-12H2,1-2H3,(H,19,22)(H,20,23). The fraction of sp³-hybridized carbons (Fsp3) is 0.333. The number of ether oxygens (including phenoxy) is 2. The van der Waals surface area contributed by atoms with E-state index in [0.717, 1.165) is 5.56 Å². The molecule has 0 saturated carbocycles. The maximum absolute atomic E-state index is 11.7. The quantitative estimate of drug-likeness (QED) is 0.729. The summed E-state index contributed by atoms with van der Waals surface area (Å²) in [6.07, 6.45) is -0.633. The molecule has 7 heteroatoms. The van der Waals surface area contributed by atoms with E-state index >= 15 is 0 Å². The van der Waals surface area contributed by atoms with Gasteiger partial charge in [-0.3, -0.25) is 10.6 Å². The largest absolute Gasteiger partial charge is 0.436 e. The topological polar surface area (TPSA) is 96.9 Å². The fourth-order valence-electron chi connectivity index (χ4n) is 1.62. The Morgan fingerprint density at radius 2 is 1.68 bits per heavy atom. The van der Waals surface area contributed by atoms with E-state index in [9.17, 15) is 9.59 Å². The van der Waals surface area contributed by atoms with Crippen molar-refractivity contribution in [2.45, 2.75) is 20.3 Å². The first-order valence-electron chi connectivity index (χ1n) is 7.57. The molecule has 0 bridgehead atoms. The first-order valence-corrected chi connectivity index (χ1v) is 7.57. The number of anilines is 2. The zero-order valence-corrected chi connectivity index (χ0v) is 14.1. The molecule has 1 rings (SSSR count). The Bertz CT molecular complexity index is 722. The van der Waals surface area contributed by atoms with Gasteiger partial charge in [0, 0.05) is 17.8 Å². The van der Waals surface area contributed by atoms with Crippen molar-refractivity contribution in [2.75, 3.05) is 30.5 Å². The van der Waals surface area contributed by atoms with Crippen molar-refractivity contribution >= 4 is 23.6 Å². The average molecular weight is 344 g/mol. The molecule has 0 atom stereocenters. The molecule has 0 radical (unpaired) electrons. The number of carbonyl (C=O) groups is 2. The minimum absolute atomic E-state index is 0.0117. The molecule has 0 aliphatic rings. The van der Waals surface area contributed by atoms with E-state index in [0.29, 0.717) is 17.8 Å². The van der Waals surface area contributed by atoms with Crippen LogP contribution in [0.25, 0.3) is 0 Å². The molecule has 3 N–H and O–H groups in total. The van der Waals surface area contributed by atoms with Gasteiger partial charge in [0.25, 0.3) is 0 Å². The summed E-state index contributed by atoms with van der Waals surface area (Å²) in [5.41, 5.74) is 1.71. The van der Waals surface area contributed by atoms with Gasteiger partial charge in [-0.25, -0.2) is 9.59 Å². The van der Waals surface area contributed by atoms with Crippen LogP contribution in [-0.4, -0.2) is 37.1 Å². The zero-order valence-electron chi connectivity index (χ0n) is 14.1. The lowest BCUT2D eigenvalue weighted by Crippen LogP contribution is -2.16. The van der Waals surface area contributed by atoms with E-state index in [1.54, 1.807) is 25.1 Å². The summed E-state index contributed by atoms with van der Waals surface area (Å²) in [5.74, 6) is 10.3. The van der Waals surface area contributed by atoms with Crippen LogP contribution in [0, 0.1) is 30.6 Å². The molecule has 132 valence electrons. The van der Waals surface area contributed by atoms with Gasteiger partial charge in [0.1, 0.15) is 6.61 Å². The Balaban J connectivity index is 2.60. The van der Waals surface area contributed by atoms with Crippen LogP contribution in [0.15, 0.2) is 18.2 Å². The van der Waals surface area contributed by atoms with Crippen molar-refractivity contribution in [2.24, 2.45) is 0 Å². The van der Waals surface area contributed by atoms with Crippen LogP contribution < -0.4 is 10.6 Å². The van der Waals surface area contributed by atoms with Gasteiger partial charge in [-0.15, -0.1) is 5.92 Å². The molecule has 1 aromatic rings. The molecular formula is C18H20N2O5. The number of aliphatic hydroxyl groups excluding tert-OH is 1. The molecule has 2 amide bonds. The van der Waals surface area contributed by atoms with E-state index in [1.165, 1.54) is 0 Å². The second-order valence-electron chi connectivity index (χ2n) is 4.65. The van der Waals surface area contributed by atoms with E-state index in [2.05, 4.69) is 34.3 Å². The zero-order chi connectivity index (χ0) is 18.5. The van der Waals surface area contributed by atoms with Gasteiger partial charge in [0.2, 0.25) is 0 Å². The third kappa shape index (κ3) is 8.31. The third-order valence-electron chi connectivity index (χ3n) is 2.78. The van der Waals surface area contributed by atoms with E-state index in [4.69, 9.17) is 14.6 Å². The normalized spacial score (nSPS) is 8.92. The summed E-state index contributed by atoms with van der Waals surface area (Å²) in [7, 11) is 0. The SMILES string of the molecule is CCC#CCOC(=O)Nc1ccc(C)c(NC(=O)OCC#CCO)c1. The van der Waals surface area contributed by atoms with Crippen LogP contribution in [0.3, 0.4) is 0 Å². The number of hydrogen-bond donors (Lipinski definition) is 3. The van der Waals surface area contributed by atoms with Gasteiger partial charge in [-0.05, 0) is 24.6 Å². The Labute approximate surface area is 146 Å². The molecule has 7 nitrogen and oxygen atoms in total. The van der Waals surface area contributed by atoms with E-state index in [1.807, 2.05) is 6.92 Å². The van der Waals surface area contributed by atoms with Gasteiger partial charge >= 0.3 is 12.2 Å². The number of amides is 2. The molecule has 0 fully saturated rings. The van der Waals surface area contributed by atoms with Crippen LogP contribution in [0.1, 0.15) is 18.9 Å². The lowest BCUT2D eigenvalue weighted by atomic mass is 10.2. The lowest BCUT2D eigenvalue weighted by molar-refractivity contribution is 0.175. The summed E-state index contributed by atoms with van der Waals surface area (Å²) in [6, 6.07) is 4.99. The Kier molecular flexibility index (Phi) is 9.06. The minimum Gasteiger partial charge on any atom is -0.436 e. The molecule has 1 aromatic carbocycles. The maximum atomic E-state index is 11.7. The molecule has 0 saturated heterocycles. The number of benzene rings is 1. The first-order chi connectivity index (χ1) is 12.1. The monoisotopic (exact) mass is 344 g/mol. The average Bonchev–Trinajstić information content (AvgIpc) is 2.58. The van der Waals surface area contributed by atoms with Crippen LogP contribution >= 0.6 is 0 Å². The van der Waals surface area contributed by atoms with Crippen molar-refractivity contribution < 1.29 is 24.2 Å². The molecule has 0 heterocycles. The highest BCUT2D eigenvalue weighted by molar-refractivity contribution is 5.89. The summed E-state index contributed by atoms with van der Waals surface area (Å²) in [4.78, 5) is 23.3. The van der Waals surface area contributed by atoms with Gasteiger partial charge in [-0.1, -0.05) is 30.8 Å². The first kappa shape index (κ1) is 19.9. The molecule has 0 aliphatic heterocycles. The third-order valence-corrected chi connectivity index (χ3v) is 2.78. The smallest absolute Gasteiger partial charge is 0.412 e. The lowest BCUT2D eigenvalue weighted by Gasteiger charge is -2.11. The second kappa shape index (κ2) is 11.4. The molecule has 0 unspecified atom stereocenters. The van der Waals surface area contributed by atoms with Crippen LogP contribution in [-0.2, 0) is 9.47 Å². The van der Waals surface area contributed by atoms with Crippen molar-refractivity contribution in [3.05, 3.63) is 23.8 Å². The predicted molar refractivity (Wildman–Crippen MR) is 94.0 cm³/mol. The number of rotatable bonds is 4. The minimum atomic E-state index is -0.690. The molecule has 0 aromatic heterocycles. The number of aliphatic hydroxyl groups is 1. The van der Waals surface area contributed by atoms with Crippen molar-refractivity contribution in [1.29, 1.82) is 0 Å². The number of hydrogen-bond acceptors (Lipinski definition) is 5. The highest BCUT2D eigenvalue weighted by atomic mass is 16.6. The highest BCUT2D eigenvalue weighted by Gasteiger charge is 2.08. The van der Waals surface area contributed by atoms with E-state index < -0.39 is 12.2 Å². The van der Waals surface area contributed by atoms with E-state index in [-0.39, 0.29) is 19.8 Å². The van der Waals surface area contributed by atoms with Gasteiger partial charge < -0.3 is 14.6 Å². The molecular weight excluding hydrogens is 324 g/mol. The summed E-state index contributed by atoms with van der Waals surface area (Å²) in [5, 5.41) is 13.6. The van der Waals surface area contributed by atoms with Crippen LogP contribution in [0.4, 0.5) is 21.0 Å². The Morgan fingerprint density at radius 1 is 1.04 bits per heavy atom. The second-order valence-corrected chi connectivity index (χ2v) is 4.65. The Hall–Kier alpha value is -3.16.